The summed E-state index contributed by atoms with van der Waals surface area (Å²) in [5.74, 6) is 1.26. The minimum absolute atomic E-state index is 0.0491. The summed E-state index contributed by atoms with van der Waals surface area (Å²) in [6.07, 6.45) is 4.32. The van der Waals surface area contributed by atoms with E-state index in [9.17, 15) is 8.42 Å². The molecule has 1 unspecified atom stereocenters. The lowest BCUT2D eigenvalue weighted by atomic mass is 10.3. The largest absolute Gasteiger partial charge is 0.260 e. The molecule has 0 saturated heterocycles. The predicted octanol–water partition coefficient (Wildman–Crippen LogP) is 2.58. The van der Waals surface area contributed by atoms with Crippen LogP contribution in [0.25, 0.3) is 0 Å². The van der Waals surface area contributed by atoms with Gasteiger partial charge in [-0.3, -0.25) is 0 Å². The lowest BCUT2D eigenvalue weighted by Crippen LogP contribution is -2.35. The van der Waals surface area contributed by atoms with Crippen molar-refractivity contribution in [2.75, 3.05) is 19.1 Å². The molecule has 7 heteroatoms. The maximum Gasteiger partial charge on any atom is 0.260 e. The number of alkyl halides is 1. The number of halogens is 1. The Balaban J connectivity index is 2.89. The van der Waals surface area contributed by atoms with Gasteiger partial charge in [-0.1, -0.05) is 6.07 Å². The number of hydrogen-bond acceptors (Lipinski definition) is 4. The summed E-state index contributed by atoms with van der Waals surface area (Å²) in [6.45, 7) is 1.90. The summed E-state index contributed by atoms with van der Waals surface area (Å²) < 4.78 is 26.1. The van der Waals surface area contributed by atoms with Crippen LogP contribution < -0.4 is 0 Å². The van der Waals surface area contributed by atoms with Crippen molar-refractivity contribution in [2.45, 2.75) is 30.3 Å². The van der Waals surface area contributed by atoms with E-state index >= 15 is 0 Å². The maximum atomic E-state index is 12.4. The molecule has 0 aliphatic carbocycles. The molecule has 0 aliphatic rings. The number of aromatic nitrogens is 1. The fourth-order valence-electron chi connectivity index (χ4n) is 1.50. The molecule has 0 N–H and O–H groups in total. The summed E-state index contributed by atoms with van der Waals surface area (Å²) in [7, 11) is -1.93. The van der Waals surface area contributed by atoms with Crippen LogP contribution >= 0.6 is 23.4 Å². The van der Waals surface area contributed by atoms with Crippen molar-refractivity contribution >= 4 is 33.4 Å². The number of hydrogen-bond donors (Lipinski definition) is 0. The molecule has 0 aliphatic heterocycles. The Labute approximate surface area is 124 Å². The Kier molecular flexibility index (Phi) is 6.59. The fraction of sp³-hybridized carbons (Fsp3) is 0.583. The lowest BCUT2D eigenvalue weighted by Gasteiger charge is -2.23. The molecule has 1 rings (SSSR count). The van der Waals surface area contributed by atoms with Gasteiger partial charge in [0.05, 0.1) is 0 Å². The zero-order valence-electron chi connectivity index (χ0n) is 11.3. The third-order valence-electron chi connectivity index (χ3n) is 2.96. The minimum Gasteiger partial charge on any atom is -0.243 e. The molecule has 0 fully saturated rings. The smallest absolute Gasteiger partial charge is 0.243 e. The standard InChI is InChI=1S/C12H19ClN2O2S2/c1-10(6-7-18-3)15(2)19(16,17)12-5-4-11(8-13)9-14-12/h4-5,9-10H,6-8H2,1-3H3. The van der Waals surface area contributed by atoms with Crippen LogP contribution in [0.1, 0.15) is 18.9 Å². The van der Waals surface area contributed by atoms with E-state index in [4.69, 9.17) is 11.6 Å². The molecule has 4 nitrogen and oxygen atoms in total. The van der Waals surface area contributed by atoms with Crippen LogP contribution in [0.2, 0.25) is 0 Å². The predicted molar refractivity (Wildman–Crippen MR) is 81.2 cm³/mol. The van der Waals surface area contributed by atoms with Crippen molar-refractivity contribution in [3.05, 3.63) is 23.9 Å². The van der Waals surface area contributed by atoms with Crippen LogP contribution in [-0.2, 0) is 15.9 Å². The van der Waals surface area contributed by atoms with Crippen LogP contribution in [0.4, 0.5) is 0 Å². The molecule has 0 saturated carbocycles. The van der Waals surface area contributed by atoms with Gasteiger partial charge in [-0.05, 0) is 37.0 Å². The molecule has 0 spiro atoms. The van der Waals surface area contributed by atoms with Gasteiger partial charge < -0.3 is 0 Å². The number of rotatable bonds is 7. The summed E-state index contributed by atoms with van der Waals surface area (Å²) in [5.41, 5.74) is 0.804. The molecular formula is C12H19ClN2O2S2. The van der Waals surface area contributed by atoms with Crippen molar-refractivity contribution in [3.63, 3.8) is 0 Å². The highest BCUT2D eigenvalue weighted by Gasteiger charge is 2.26. The molecular weight excluding hydrogens is 304 g/mol. The fourth-order valence-corrected chi connectivity index (χ4v) is 3.53. The number of sulfonamides is 1. The van der Waals surface area contributed by atoms with Crippen LogP contribution in [0, 0.1) is 0 Å². The van der Waals surface area contributed by atoms with Gasteiger partial charge in [-0.15, -0.1) is 11.6 Å². The van der Waals surface area contributed by atoms with Crippen LogP contribution in [0.3, 0.4) is 0 Å². The van der Waals surface area contributed by atoms with Crippen LogP contribution in [-0.4, -0.2) is 42.8 Å². The van der Waals surface area contributed by atoms with Crippen molar-refractivity contribution < 1.29 is 8.42 Å². The first-order chi connectivity index (χ1) is 8.93. The van der Waals surface area contributed by atoms with Crippen molar-refractivity contribution in [3.8, 4) is 0 Å². The van der Waals surface area contributed by atoms with Crippen LogP contribution in [0.5, 0.6) is 0 Å². The number of pyridine rings is 1. The molecule has 0 radical (unpaired) electrons. The minimum atomic E-state index is -3.52. The Morgan fingerprint density at radius 1 is 1.47 bits per heavy atom. The monoisotopic (exact) mass is 322 g/mol. The third-order valence-corrected chi connectivity index (χ3v) is 5.80. The Bertz CT molecular complexity index is 491. The second kappa shape index (κ2) is 7.47. The Morgan fingerprint density at radius 2 is 2.16 bits per heavy atom. The summed E-state index contributed by atoms with van der Waals surface area (Å²) in [5, 5.41) is 0.0693. The van der Waals surface area contributed by atoms with E-state index in [2.05, 4.69) is 4.98 Å². The van der Waals surface area contributed by atoms with Gasteiger partial charge in [0.15, 0.2) is 5.03 Å². The third kappa shape index (κ3) is 4.34. The van der Waals surface area contributed by atoms with Crippen LogP contribution in [0.15, 0.2) is 23.4 Å². The van der Waals surface area contributed by atoms with E-state index in [0.29, 0.717) is 5.88 Å². The normalized spacial score (nSPS) is 13.7. The van der Waals surface area contributed by atoms with E-state index < -0.39 is 10.0 Å². The van der Waals surface area contributed by atoms with Crippen molar-refractivity contribution in [1.29, 1.82) is 0 Å². The first-order valence-corrected chi connectivity index (χ1v) is 9.28. The zero-order valence-corrected chi connectivity index (χ0v) is 13.7. The average Bonchev–Trinajstić information content (AvgIpc) is 2.43. The Morgan fingerprint density at radius 3 is 2.63 bits per heavy atom. The quantitative estimate of drug-likeness (QED) is 0.724. The zero-order chi connectivity index (χ0) is 14.5. The van der Waals surface area contributed by atoms with Gasteiger partial charge in [0.2, 0.25) is 0 Å². The van der Waals surface area contributed by atoms with E-state index in [1.165, 1.54) is 16.6 Å². The van der Waals surface area contributed by atoms with E-state index in [0.717, 1.165) is 17.7 Å². The average molecular weight is 323 g/mol. The summed E-state index contributed by atoms with van der Waals surface area (Å²) in [4.78, 5) is 3.99. The Hall–Kier alpha value is -0.300. The highest BCUT2D eigenvalue weighted by Crippen LogP contribution is 2.17. The van der Waals surface area contributed by atoms with Gasteiger partial charge in [-0.2, -0.15) is 16.1 Å². The van der Waals surface area contributed by atoms with E-state index in [1.807, 2.05) is 13.2 Å². The molecule has 1 aromatic rings. The van der Waals surface area contributed by atoms with E-state index in [1.54, 1.807) is 24.9 Å². The highest BCUT2D eigenvalue weighted by molar-refractivity contribution is 7.98. The van der Waals surface area contributed by atoms with Gasteiger partial charge in [0.25, 0.3) is 10.0 Å². The molecule has 108 valence electrons. The topological polar surface area (TPSA) is 50.3 Å². The van der Waals surface area contributed by atoms with Gasteiger partial charge in [0, 0.05) is 25.2 Å². The maximum absolute atomic E-state index is 12.4. The van der Waals surface area contributed by atoms with Crippen molar-refractivity contribution in [2.24, 2.45) is 0 Å². The highest BCUT2D eigenvalue weighted by atomic mass is 35.5. The first kappa shape index (κ1) is 16.8. The summed E-state index contributed by atoms with van der Waals surface area (Å²) >= 11 is 7.37. The number of nitrogens with zero attached hydrogens (tertiary/aromatic N) is 2. The first-order valence-electron chi connectivity index (χ1n) is 5.91. The second-order valence-corrected chi connectivity index (χ2v) is 7.49. The lowest BCUT2D eigenvalue weighted by molar-refractivity contribution is 0.381. The van der Waals surface area contributed by atoms with Gasteiger partial charge in [0.1, 0.15) is 0 Å². The van der Waals surface area contributed by atoms with E-state index in [-0.39, 0.29) is 11.1 Å². The SMILES string of the molecule is CSCCC(C)N(C)S(=O)(=O)c1ccc(CCl)cn1. The summed E-state index contributed by atoms with van der Waals surface area (Å²) in [6, 6.07) is 3.14. The molecule has 0 aromatic carbocycles. The molecule has 1 aromatic heterocycles. The molecule has 19 heavy (non-hydrogen) atoms. The van der Waals surface area contributed by atoms with Gasteiger partial charge >= 0.3 is 0 Å². The molecule has 0 bridgehead atoms. The van der Waals surface area contributed by atoms with Gasteiger partial charge in [-0.25, -0.2) is 13.4 Å². The molecule has 1 atom stereocenters. The second-order valence-electron chi connectivity index (χ2n) is 4.29. The van der Waals surface area contributed by atoms with Crippen molar-refractivity contribution in [1.82, 2.24) is 9.29 Å². The molecule has 1 heterocycles. The number of thioether (sulfide) groups is 1. The molecule has 0 amide bonds.